The molecular formula is C20H23NO4. The second kappa shape index (κ2) is 9.59. The maximum Gasteiger partial charge on any atom is 0.326 e. The molecule has 2 N–H and O–H groups in total. The van der Waals surface area contributed by atoms with Crippen LogP contribution in [0.1, 0.15) is 30.1 Å². The predicted octanol–water partition coefficient (Wildman–Crippen LogP) is 2.97. The highest BCUT2D eigenvalue weighted by Gasteiger charge is 2.26. The minimum atomic E-state index is -1.04. The van der Waals surface area contributed by atoms with E-state index in [4.69, 9.17) is 4.74 Å². The first-order valence-electron chi connectivity index (χ1n) is 8.26. The fourth-order valence-electron chi connectivity index (χ4n) is 2.68. The first-order chi connectivity index (χ1) is 12.1. The standard InChI is InChI=1S/C20H23NO4/c1-25-18(16-12-6-3-7-13-16)19(22)21-17(20(23)24)14-8-11-15-9-4-2-5-10-15/h2-7,9-10,12-13,17-18H,8,11,14H2,1H3,(H,21,22)(H,23,24)/t17-,18-/m0/s1. The van der Waals surface area contributed by atoms with E-state index in [1.54, 1.807) is 12.1 Å². The van der Waals surface area contributed by atoms with Crippen molar-refractivity contribution in [3.63, 3.8) is 0 Å². The molecule has 0 aliphatic rings. The van der Waals surface area contributed by atoms with E-state index < -0.39 is 24.0 Å². The van der Waals surface area contributed by atoms with Crippen LogP contribution in [-0.4, -0.2) is 30.1 Å². The smallest absolute Gasteiger partial charge is 0.326 e. The van der Waals surface area contributed by atoms with Gasteiger partial charge in [0.15, 0.2) is 6.10 Å². The van der Waals surface area contributed by atoms with Crippen molar-refractivity contribution in [2.45, 2.75) is 31.4 Å². The molecule has 0 aromatic heterocycles. The van der Waals surface area contributed by atoms with Gasteiger partial charge >= 0.3 is 5.97 Å². The van der Waals surface area contributed by atoms with E-state index in [0.717, 1.165) is 12.0 Å². The van der Waals surface area contributed by atoms with E-state index in [1.165, 1.54) is 7.11 Å². The number of hydrogen-bond acceptors (Lipinski definition) is 3. The normalized spacial score (nSPS) is 13.0. The van der Waals surface area contributed by atoms with Crippen molar-refractivity contribution in [3.8, 4) is 0 Å². The number of carbonyl (C=O) groups is 2. The zero-order chi connectivity index (χ0) is 18.1. The molecule has 0 radical (unpaired) electrons. The number of carboxylic acids is 1. The van der Waals surface area contributed by atoms with Gasteiger partial charge in [0.05, 0.1) is 0 Å². The Bertz CT molecular complexity index is 673. The van der Waals surface area contributed by atoms with Crippen LogP contribution in [0, 0.1) is 0 Å². The summed E-state index contributed by atoms with van der Waals surface area (Å²) in [5.74, 6) is -1.48. The van der Waals surface area contributed by atoms with Gasteiger partial charge in [0.1, 0.15) is 6.04 Å². The average Bonchev–Trinajstić information content (AvgIpc) is 2.63. The number of nitrogens with one attached hydrogen (secondary N) is 1. The summed E-state index contributed by atoms with van der Waals surface area (Å²) in [6, 6.07) is 17.9. The summed E-state index contributed by atoms with van der Waals surface area (Å²) in [6.07, 6.45) is 0.982. The monoisotopic (exact) mass is 341 g/mol. The number of aliphatic carboxylic acids is 1. The van der Waals surface area contributed by atoms with Gasteiger partial charge in [-0.1, -0.05) is 60.7 Å². The number of carbonyl (C=O) groups excluding carboxylic acids is 1. The second-order valence-electron chi connectivity index (χ2n) is 5.80. The summed E-state index contributed by atoms with van der Waals surface area (Å²) in [6.45, 7) is 0. The third kappa shape index (κ3) is 5.72. The molecule has 25 heavy (non-hydrogen) atoms. The lowest BCUT2D eigenvalue weighted by molar-refractivity contribution is -0.144. The maximum atomic E-state index is 12.4. The van der Waals surface area contributed by atoms with Crippen LogP contribution in [0.2, 0.25) is 0 Å². The zero-order valence-corrected chi connectivity index (χ0v) is 14.2. The van der Waals surface area contributed by atoms with Gasteiger partial charge in [-0.2, -0.15) is 0 Å². The van der Waals surface area contributed by atoms with Crippen molar-refractivity contribution in [1.29, 1.82) is 0 Å². The Hall–Kier alpha value is -2.66. The van der Waals surface area contributed by atoms with Crippen molar-refractivity contribution in [3.05, 3.63) is 71.8 Å². The number of rotatable bonds is 9. The number of carboxylic acid groups (broad SMARTS) is 1. The van der Waals surface area contributed by atoms with E-state index in [2.05, 4.69) is 5.32 Å². The summed E-state index contributed by atoms with van der Waals surface area (Å²) >= 11 is 0. The molecule has 0 spiro atoms. The van der Waals surface area contributed by atoms with Gasteiger partial charge in [0, 0.05) is 7.11 Å². The molecule has 2 atom stereocenters. The SMILES string of the molecule is CO[C@H](C(=O)N[C@@H](CCCc1ccccc1)C(=O)O)c1ccccc1. The molecule has 0 fully saturated rings. The summed E-state index contributed by atoms with van der Waals surface area (Å²) in [7, 11) is 1.43. The highest BCUT2D eigenvalue weighted by molar-refractivity contribution is 5.87. The first kappa shape index (κ1) is 18.7. The van der Waals surface area contributed by atoms with Gasteiger partial charge in [-0.15, -0.1) is 0 Å². The molecule has 5 nitrogen and oxygen atoms in total. The van der Waals surface area contributed by atoms with Gasteiger partial charge in [-0.3, -0.25) is 4.79 Å². The molecule has 0 heterocycles. The van der Waals surface area contributed by atoms with Crippen LogP contribution < -0.4 is 5.32 Å². The molecule has 0 unspecified atom stereocenters. The average molecular weight is 341 g/mol. The Kier molecular flexibility index (Phi) is 7.16. The van der Waals surface area contributed by atoms with E-state index in [1.807, 2.05) is 48.5 Å². The number of benzene rings is 2. The fourth-order valence-corrected chi connectivity index (χ4v) is 2.68. The summed E-state index contributed by atoms with van der Waals surface area (Å²) in [5.41, 5.74) is 1.84. The zero-order valence-electron chi connectivity index (χ0n) is 14.2. The molecule has 0 aliphatic heterocycles. The van der Waals surface area contributed by atoms with Gasteiger partial charge in [-0.25, -0.2) is 4.79 Å². The maximum absolute atomic E-state index is 12.4. The number of hydrogen-bond donors (Lipinski definition) is 2. The highest BCUT2D eigenvalue weighted by Crippen LogP contribution is 2.17. The molecule has 2 aromatic carbocycles. The number of amides is 1. The number of aryl methyl sites for hydroxylation is 1. The quantitative estimate of drug-likeness (QED) is 0.735. The minimum Gasteiger partial charge on any atom is -0.480 e. The van der Waals surface area contributed by atoms with Crippen LogP contribution in [0.5, 0.6) is 0 Å². The van der Waals surface area contributed by atoms with Crippen LogP contribution in [0.25, 0.3) is 0 Å². The van der Waals surface area contributed by atoms with Crippen molar-refractivity contribution >= 4 is 11.9 Å². The predicted molar refractivity (Wildman–Crippen MR) is 95.1 cm³/mol. The van der Waals surface area contributed by atoms with Crippen LogP contribution >= 0.6 is 0 Å². The lowest BCUT2D eigenvalue weighted by atomic mass is 10.0. The Morgan fingerprint density at radius 3 is 2.20 bits per heavy atom. The molecule has 132 valence electrons. The molecule has 0 bridgehead atoms. The number of methoxy groups -OCH3 is 1. The van der Waals surface area contributed by atoms with Gasteiger partial charge in [0.25, 0.3) is 5.91 Å². The van der Waals surface area contributed by atoms with E-state index in [0.29, 0.717) is 18.4 Å². The van der Waals surface area contributed by atoms with Crippen LogP contribution in [0.4, 0.5) is 0 Å². The topological polar surface area (TPSA) is 75.6 Å². The minimum absolute atomic E-state index is 0.362. The fraction of sp³-hybridized carbons (Fsp3) is 0.300. The van der Waals surface area contributed by atoms with Gasteiger partial charge in [0.2, 0.25) is 0 Å². The number of ether oxygens (including phenoxy) is 1. The molecule has 2 aromatic rings. The Labute approximate surface area is 147 Å². The van der Waals surface area contributed by atoms with E-state index >= 15 is 0 Å². The Balaban J connectivity index is 1.93. The van der Waals surface area contributed by atoms with Crippen molar-refractivity contribution in [2.75, 3.05) is 7.11 Å². The largest absolute Gasteiger partial charge is 0.480 e. The van der Waals surface area contributed by atoms with Crippen LogP contribution in [0.3, 0.4) is 0 Å². The van der Waals surface area contributed by atoms with Gasteiger partial charge < -0.3 is 15.2 Å². The van der Waals surface area contributed by atoms with E-state index in [9.17, 15) is 14.7 Å². The van der Waals surface area contributed by atoms with Crippen molar-refractivity contribution < 1.29 is 19.4 Å². The third-order valence-electron chi connectivity index (χ3n) is 3.99. The summed E-state index contributed by atoms with van der Waals surface area (Å²) in [4.78, 5) is 23.9. The lowest BCUT2D eigenvalue weighted by Crippen LogP contribution is -2.43. The lowest BCUT2D eigenvalue weighted by Gasteiger charge is -2.19. The molecule has 5 heteroatoms. The summed E-state index contributed by atoms with van der Waals surface area (Å²) in [5, 5.41) is 12.0. The first-order valence-corrected chi connectivity index (χ1v) is 8.26. The molecule has 0 aliphatic carbocycles. The molecule has 1 amide bonds. The molecule has 0 saturated heterocycles. The van der Waals surface area contributed by atoms with Crippen molar-refractivity contribution in [2.24, 2.45) is 0 Å². The Morgan fingerprint density at radius 2 is 1.64 bits per heavy atom. The Morgan fingerprint density at radius 1 is 1.04 bits per heavy atom. The molecular weight excluding hydrogens is 318 g/mol. The third-order valence-corrected chi connectivity index (χ3v) is 3.99. The van der Waals surface area contributed by atoms with Crippen molar-refractivity contribution in [1.82, 2.24) is 5.32 Å². The summed E-state index contributed by atoms with van der Waals surface area (Å²) < 4.78 is 5.25. The molecule has 0 saturated carbocycles. The van der Waals surface area contributed by atoms with Crippen LogP contribution in [-0.2, 0) is 20.7 Å². The van der Waals surface area contributed by atoms with Gasteiger partial charge in [-0.05, 0) is 30.4 Å². The molecule has 2 rings (SSSR count). The van der Waals surface area contributed by atoms with Crippen LogP contribution in [0.15, 0.2) is 60.7 Å². The van der Waals surface area contributed by atoms with E-state index in [-0.39, 0.29) is 0 Å². The second-order valence-corrected chi connectivity index (χ2v) is 5.80. The highest BCUT2D eigenvalue weighted by atomic mass is 16.5.